The minimum absolute atomic E-state index is 0.199. The summed E-state index contributed by atoms with van der Waals surface area (Å²) >= 11 is 0. The Kier molecular flexibility index (Phi) is 3.20. The molecule has 2 nitrogen and oxygen atoms in total. The molecule has 1 aliphatic rings. The predicted molar refractivity (Wildman–Crippen MR) is 72.3 cm³/mol. The van der Waals surface area contributed by atoms with Gasteiger partial charge in [-0.25, -0.2) is 0 Å². The van der Waals surface area contributed by atoms with E-state index in [4.69, 9.17) is 10.2 Å². The highest BCUT2D eigenvalue weighted by molar-refractivity contribution is 5.30. The average Bonchev–Trinajstić information content (AvgIpc) is 2.91. The first-order chi connectivity index (χ1) is 8.83. The van der Waals surface area contributed by atoms with Gasteiger partial charge in [-0.1, -0.05) is 24.3 Å². The molecule has 1 aliphatic carbocycles. The van der Waals surface area contributed by atoms with E-state index in [1.165, 1.54) is 17.5 Å². The molecule has 2 aromatic rings. The number of aryl methyl sites for hydroxylation is 1. The lowest BCUT2D eigenvalue weighted by Gasteiger charge is -2.28. The number of rotatable bonds is 3. The molecule has 0 aliphatic heterocycles. The van der Waals surface area contributed by atoms with E-state index in [-0.39, 0.29) is 6.04 Å². The lowest BCUT2D eigenvalue weighted by molar-refractivity contribution is 0.353. The Hall–Kier alpha value is -1.54. The van der Waals surface area contributed by atoms with E-state index >= 15 is 0 Å². The van der Waals surface area contributed by atoms with Crippen molar-refractivity contribution in [2.75, 3.05) is 0 Å². The normalized spacial score (nSPS) is 20.4. The molecule has 0 bridgehead atoms. The molecule has 94 valence electrons. The van der Waals surface area contributed by atoms with Crippen LogP contribution in [0.15, 0.2) is 47.1 Å². The van der Waals surface area contributed by atoms with Crippen molar-refractivity contribution in [1.82, 2.24) is 0 Å². The Morgan fingerprint density at radius 3 is 2.78 bits per heavy atom. The average molecular weight is 241 g/mol. The van der Waals surface area contributed by atoms with Crippen molar-refractivity contribution < 1.29 is 4.42 Å². The van der Waals surface area contributed by atoms with Crippen molar-refractivity contribution in [1.29, 1.82) is 0 Å². The number of benzene rings is 1. The van der Waals surface area contributed by atoms with E-state index in [1.807, 2.05) is 12.1 Å². The van der Waals surface area contributed by atoms with E-state index in [1.54, 1.807) is 6.26 Å². The molecule has 0 fully saturated rings. The van der Waals surface area contributed by atoms with Crippen molar-refractivity contribution in [2.45, 2.75) is 31.7 Å². The Bertz CT molecular complexity index is 504. The fraction of sp³-hybridized carbons (Fsp3) is 0.375. The summed E-state index contributed by atoms with van der Waals surface area (Å²) in [7, 11) is 0. The maximum Gasteiger partial charge on any atom is 0.105 e. The maximum absolute atomic E-state index is 6.34. The summed E-state index contributed by atoms with van der Waals surface area (Å²) in [6.07, 6.45) is 6.03. The third-order valence-corrected chi connectivity index (χ3v) is 4.01. The molecule has 1 heterocycles. The number of hydrogen-bond acceptors (Lipinski definition) is 2. The number of nitrogens with two attached hydrogens (primary N) is 1. The van der Waals surface area contributed by atoms with Crippen LogP contribution in [0.3, 0.4) is 0 Å². The van der Waals surface area contributed by atoms with Crippen molar-refractivity contribution >= 4 is 0 Å². The molecule has 2 N–H and O–H groups in total. The van der Waals surface area contributed by atoms with Crippen molar-refractivity contribution in [2.24, 2.45) is 11.7 Å². The molecular weight excluding hydrogens is 222 g/mol. The fourth-order valence-electron chi connectivity index (χ4n) is 2.92. The zero-order valence-electron chi connectivity index (χ0n) is 10.5. The quantitative estimate of drug-likeness (QED) is 0.897. The topological polar surface area (TPSA) is 39.2 Å². The minimum Gasteiger partial charge on any atom is -0.469 e. The molecule has 0 radical (unpaired) electrons. The first kappa shape index (κ1) is 11.5. The van der Waals surface area contributed by atoms with Crippen LogP contribution in [-0.2, 0) is 19.3 Å². The molecule has 0 spiro atoms. The smallest absolute Gasteiger partial charge is 0.105 e. The van der Waals surface area contributed by atoms with Gasteiger partial charge in [-0.15, -0.1) is 0 Å². The molecule has 0 amide bonds. The van der Waals surface area contributed by atoms with Gasteiger partial charge in [-0.3, -0.25) is 0 Å². The van der Waals surface area contributed by atoms with Gasteiger partial charge in [0, 0.05) is 12.5 Å². The summed E-state index contributed by atoms with van der Waals surface area (Å²) in [4.78, 5) is 0. The number of hydrogen-bond donors (Lipinski definition) is 1. The summed E-state index contributed by atoms with van der Waals surface area (Å²) in [5.41, 5.74) is 9.31. The third kappa shape index (κ3) is 2.34. The Morgan fingerprint density at radius 1 is 1.17 bits per heavy atom. The maximum atomic E-state index is 6.34. The first-order valence-corrected chi connectivity index (χ1v) is 6.67. The molecule has 3 rings (SSSR count). The van der Waals surface area contributed by atoms with E-state index < -0.39 is 0 Å². The summed E-state index contributed by atoms with van der Waals surface area (Å²) in [5, 5.41) is 0. The Balaban J connectivity index is 1.68. The number of fused-ring (bicyclic) bond motifs is 1. The van der Waals surface area contributed by atoms with Crippen LogP contribution in [0.1, 0.15) is 23.3 Å². The van der Waals surface area contributed by atoms with Crippen LogP contribution in [0.4, 0.5) is 0 Å². The van der Waals surface area contributed by atoms with E-state index in [0.29, 0.717) is 5.92 Å². The molecular formula is C16H19NO. The molecule has 2 atom stereocenters. The van der Waals surface area contributed by atoms with Crippen molar-refractivity contribution in [3.63, 3.8) is 0 Å². The molecule has 2 heteroatoms. The SMILES string of the molecule is NC(Cc1ccco1)C1CCc2ccccc2C1. The highest BCUT2D eigenvalue weighted by atomic mass is 16.3. The summed E-state index contributed by atoms with van der Waals surface area (Å²) in [5.74, 6) is 1.58. The van der Waals surface area contributed by atoms with Crippen LogP contribution in [0.2, 0.25) is 0 Å². The van der Waals surface area contributed by atoms with Crippen LogP contribution in [0, 0.1) is 5.92 Å². The third-order valence-electron chi connectivity index (χ3n) is 4.01. The molecule has 0 saturated carbocycles. The van der Waals surface area contributed by atoms with Crippen LogP contribution >= 0.6 is 0 Å². The van der Waals surface area contributed by atoms with Gasteiger partial charge in [0.25, 0.3) is 0 Å². The minimum atomic E-state index is 0.199. The second kappa shape index (κ2) is 4.99. The van der Waals surface area contributed by atoms with Gasteiger partial charge in [-0.05, 0) is 48.4 Å². The predicted octanol–water partition coefficient (Wildman–Crippen LogP) is 2.95. The highest BCUT2D eigenvalue weighted by Gasteiger charge is 2.24. The summed E-state index contributed by atoms with van der Waals surface area (Å²) in [6, 6.07) is 12.9. The molecule has 1 aromatic heterocycles. The lowest BCUT2D eigenvalue weighted by Crippen LogP contribution is -2.35. The first-order valence-electron chi connectivity index (χ1n) is 6.67. The standard InChI is InChI=1S/C16H19NO/c17-16(11-15-6-3-9-18-15)14-8-7-12-4-1-2-5-13(12)10-14/h1-6,9,14,16H,7-8,10-11,17H2. The van der Waals surface area contributed by atoms with Gasteiger partial charge < -0.3 is 10.2 Å². The van der Waals surface area contributed by atoms with Gasteiger partial charge in [-0.2, -0.15) is 0 Å². The molecule has 1 aromatic carbocycles. The highest BCUT2D eigenvalue weighted by Crippen LogP contribution is 2.28. The lowest BCUT2D eigenvalue weighted by atomic mass is 9.79. The van der Waals surface area contributed by atoms with Crippen LogP contribution in [-0.4, -0.2) is 6.04 Å². The van der Waals surface area contributed by atoms with Gasteiger partial charge in [0.1, 0.15) is 5.76 Å². The monoisotopic (exact) mass is 241 g/mol. The zero-order chi connectivity index (χ0) is 12.4. The Morgan fingerprint density at radius 2 is 2.00 bits per heavy atom. The van der Waals surface area contributed by atoms with Gasteiger partial charge in [0.15, 0.2) is 0 Å². The van der Waals surface area contributed by atoms with Gasteiger partial charge >= 0.3 is 0 Å². The second-order valence-electron chi connectivity index (χ2n) is 5.22. The van der Waals surface area contributed by atoms with E-state index in [2.05, 4.69) is 24.3 Å². The van der Waals surface area contributed by atoms with Crippen molar-refractivity contribution in [3.05, 3.63) is 59.5 Å². The largest absolute Gasteiger partial charge is 0.469 e. The van der Waals surface area contributed by atoms with Crippen LogP contribution in [0.5, 0.6) is 0 Å². The van der Waals surface area contributed by atoms with Crippen LogP contribution in [0.25, 0.3) is 0 Å². The number of furan rings is 1. The van der Waals surface area contributed by atoms with Crippen LogP contribution < -0.4 is 5.73 Å². The van der Waals surface area contributed by atoms with Gasteiger partial charge in [0.05, 0.1) is 6.26 Å². The molecule has 0 saturated heterocycles. The fourth-order valence-corrected chi connectivity index (χ4v) is 2.92. The summed E-state index contributed by atoms with van der Waals surface area (Å²) < 4.78 is 5.38. The van der Waals surface area contributed by atoms with Crippen molar-refractivity contribution in [3.8, 4) is 0 Å². The summed E-state index contributed by atoms with van der Waals surface area (Å²) in [6.45, 7) is 0. The molecule has 18 heavy (non-hydrogen) atoms. The molecule has 2 unspecified atom stereocenters. The Labute approximate surface area is 108 Å². The zero-order valence-corrected chi connectivity index (χ0v) is 10.5. The second-order valence-corrected chi connectivity index (χ2v) is 5.22. The van der Waals surface area contributed by atoms with Gasteiger partial charge in [0.2, 0.25) is 0 Å². The van der Waals surface area contributed by atoms with E-state index in [9.17, 15) is 0 Å². The van der Waals surface area contributed by atoms with E-state index in [0.717, 1.165) is 25.0 Å².